The fourth-order valence-corrected chi connectivity index (χ4v) is 6.98. The molecule has 33 heavy (non-hydrogen) atoms. The van der Waals surface area contributed by atoms with Gasteiger partial charge in [0.1, 0.15) is 17.4 Å². The number of hydrogen-bond acceptors (Lipinski definition) is 6. The van der Waals surface area contributed by atoms with Crippen LogP contribution in [0.5, 0.6) is 0 Å². The van der Waals surface area contributed by atoms with E-state index in [1.54, 1.807) is 0 Å². The van der Waals surface area contributed by atoms with Crippen molar-refractivity contribution < 1.29 is 0 Å². The molecule has 4 heterocycles. The highest BCUT2D eigenvalue weighted by Gasteiger charge is 2.32. The fraction of sp³-hybridized carbons (Fsp3) is 0.417. The summed E-state index contributed by atoms with van der Waals surface area (Å²) in [5.74, 6) is 2.62. The lowest BCUT2D eigenvalue weighted by molar-refractivity contribution is 0.404. The third-order valence-electron chi connectivity index (χ3n) is 5.86. The quantitative estimate of drug-likeness (QED) is 0.409. The highest BCUT2D eigenvalue weighted by Crippen LogP contribution is 2.40. The van der Waals surface area contributed by atoms with E-state index in [9.17, 15) is 0 Å². The van der Waals surface area contributed by atoms with Crippen LogP contribution >= 0.6 is 46.9 Å². The van der Waals surface area contributed by atoms with Crippen LogP contribution in [0.4, 0.5) is 0 Å². The first-order valence-corrected chi connectivity index (χ1v) is 13.6. The van der Waals surface area contributed by atoms with Gasteiger partial charge in [-0.15, -0.1) is 33.3 Å². The highest BCUT2D eigenvalue weighted by atomic mass is 35.5. The van der Waals surface area contributed by atoms with Gasteiger partial charge >= 0.3 is 0 Å². The van der Waals surface area contributed by atoms with E-state index in [1.807, 2.05) is 48.2 Å². The van der Waals surface area contributed by atoms with Gasteiger partial charge in [-0.05, 0) is 25.0 Å². The molecule has 3 aromatic rings. The van der Waals surface area contributed by atoms with Crippen molar-refractivity contribution >= 4 is 57.6 Å². The third-order valence-corrected chi connectivity index (χ3v) is 9.26. The van der Waals surface area contributed by atoms with E-state index in [0.717, 1.165) is 58.2 Å². The van der Waals surface area contributed by atoms with Crippen molar-refractivity contribution in [2.24, 2.45) is 4.99 Å². The van der Waals surface area contributed by atoms with Crippen molar-refractivity contribution in [3.05, 3.63) is 62.5 Å². The van der Waals surface area contributed by atoms with E-state index in [2.05, 4.69) is 46.5 Å². The molecular weight excluding hydrogens is 490 g/mol. The molecule has 0 amide bonds. The number of rotatable bonds is 3. The molecular formula is C24H26ClN5S3. The van der Waals surface area contributed by atoms with Crippen LogP contribution in [0, 0.1) is 6.92 Å². The van der Waals surface area contributed by atoms with E-state index in [4.69, 9.17) is 28.8 Å². The first-order chi connectivity index (χ1) is 15.7. The lowest BCUT2D eigenvalue weighted by atomic mass is 9.95. The van der Waals surface area contributed by atoms with Crippen LogP contribution in [0.3, 0.4) is 0 Å². The molecule has 0 fully saturated rings. The van der Waals surface area contributed by atoms with E-state index < -0.39 is 0 Å². The van der Waals surface area contributed by atoms with Crippen molar-refractivity contribution in [2.45, 2.75) is 52.0 Å². The summed E-state index contributed by atoms with van der Waals surface area (Å²) in [6.07, 6.45) is 0.932. The molecule has 2 aliphatic heterocycles. The minimum Gasteiger partial charge on any atom is -0.360 e. The first-order valence-electron chi connectivity index (χ1n) is 11.0. The smallest absolute Gasteiger partial charge is 0.160 e. The molecule has 172 valence electrons. The average molecular weight is 516 g/mol. The maximum atomic E-state index is 6.64. The van der Waals surface area contributed by atoms with E-state index in [0.29, 0.717) is 11.6 Å². The Labute approximate surface area is 213 Å². The summed E-state index contributed by atoms with van der Waals surface area (Å²) in [6, 6.07) is 7.97. The van der Waals surface area contributed by atoms with Crippen LogP contribution in [0.2, 0.25) is 5.02 Å². The highest BCUT2D eigenvalue weighted by molar-refractivity contribution is 8.02. The summed E-state index contributed by atoms with van der Waals surface area (Å²) in [7, 11) is 0. The summed E-state index contributed by atoms with van der Waals surface area (Å²) in [4.78, 5) is 9.75. The number of aliphatic imine (C=N–C) groups is 1. The summed E-state index contributed by atoms with van der Waals surface area (Å²) in [5.41, 5.74) is 4.46. The van der Waals surface area contributed by atoms with E-state index >= 15 is 0 Å². The maximum Gasteiger partial charge on any atom is 0.160 e. The van der Waals surface area contributed by atoms with Crippen LogP contribution in [-0.4, -0.2) is 47.4 Å². The fourth-order valence-electron chi connectivity index (χ4n) is 4.25. The van der Waals surface area contributed by atoms with Gasteiger partial charge in [-0.25, -0.2) is 0 Å². The van der Waals surface area contributed by atoms with Gasteiger partial charge in [-0.1, -0.05) is 62.8 Å². The minimum atomic E-state index is 0.202. The standard InChI is InChI=1S/C24H26ClN5S3/c1-14-27-28-19-11-26-22(15-7-5-6-8-17(15)25)21-16-9-10-29(20(31)13-32-24(2,3)4)12-18(16)33-23(21)30(14)19/h5-8H,9-13H2,1-4H3. The van der Waals surface area contributed by atoms with Gasteiger partial charge in [-0.3, -0.25) is 9.56 Å². The molecule has 0 unspecified atom stereocenters. The Kier molecular flexibility index (Phi) is 6.14. The van der Waals surface area contributed by atoms with E-state index in [-0.39, 0.29) is 4.75 Å². The summed E-state index contributed by atoms with van der Waals surface area (Å²) < 4.78 is 2.37. The second kappa shape index (κ2) is 8.80. The van der Waals surface area contributed by atoms with Gasteiger partial charge in [0.15, 0.2) is 5.82 Å². The van der Waals surface area contributed by atoms with Crippen molar-refractivity contribution in [2.75, 3.05) is 12.3 Å². The topological polar surface area (TPSA) is 46.3 Å². The van der Waals surface area contributed by atoms with Crippen molar-refractivity contribution in [1.82, 2.24) is 19.7 Å². The van der Waals surface area contributed by atoms with Crippen LogP contribution in [0.15, 0.2) is 29.3 Å². The van der Waals surface area contributed by atoms with Crippen LogP contribution in [-0.2, 0) is 19.5 Å². The molecule has 0 radical (unpaired) electrons. The van der Waals surface area contributed by atoms with Crippen molar-refractivity contribution in [3.63, 3.8) is 0 Å². The third kappa shape index (κ3) is 4.38. The number of hydrogen-bond donors (Lipinski definition) is 0. The summed E-state index contributed by atoms with van der Waals surface area (Å²) in [6.45, 7) is 11.0. The van der Waals surface area contributed by atoms with Gasteiger partial charge in [0.05, 0.1) is 17.2 Å². The number of thiocarbonyl (C=S) groups is 1. The number of aromatic nitrogens is 3. The Morgan fingerprint density at radius 3 is 2.79 bits per heavy atom. The molecule has 2 aromatic heterocycles. The van der Waals surface area contributed by atoms with Gasteiger partial charge < -0.3 is 4.90 Å². The molecule has 2 aliphatic rings. The number of nitrogens with zero attached hydrogens (tertiary/aromatic N) is 5. The number of halogens is 1. The lowest BCUT2D eigenvalue weighted by Gasteiger charge is -2.31. The molecule has 0 atom stereocenters. The minimum absolute atomic E-state index is 0.202. The van der Waals surface area contributed by atoms with Crippen LogP contribution in [0.25, 0.3) is 5.00 Å². The molecule has 9 heteroatoms. The average Bonchev–Trinajstić information content (AvgIpc) is 3.27. The van der Waals surface area contributed by atoms with Gasteiger partial charge in [0, 0.05) is 38.1 Å². The zero-order chi connectivity index (χ0) is 23.3. The SMILES string of the molecule is Cc1nnc2n1-c1sc3c(c1C(c1ccccc1Cl)=NC2)CCN(C(=S)CSC(C)(C)C)C3. The zero-order valence-electron chi connectivity index (χ0n) is 19.2. The Hall–Kier alpha value is -1.74. The molecule has 1 aromatic carbocycles. The second-order valence-corrected chi connectivity index (χ2v) is 13.1. The first kappa shape index (κ1) is 23.0. The Morgan fingerprint density at radius 1 is 1.24 bits per heavy atom. The Bertz CT molecular complexity index is 1270. The molecule has 0 saturated carbocycles. The Morgan fingerprint density at radius 2 is 2.03 bits per heavy atom. The second-order valence-electron chi connectivity index (χ2n) is 9.29. The normalized spacial score (nSPS) is 15.4. The number of aryl methyl sites for hydroxylation is 1. The maximum absolute atomic E-state index is 6.64. The number of thioether (sulfide) groups is 1. The number of thiophene rings is 1. The molecule has 0 aliphatic carbocycles. The van der Waals surface area contributed by atoms with Crippen molar-refractivity contribution in [3.8, 4) is 5.00 Å². The van der Waals surface area contributed by atoms with Gasteiger partial charge in [0.25, 0.3) is 0 Å². The Balaban J connectivity index is 1.57. The summed E-state index contributed by atoms with van der Waals surface area (Å²) in [5, 5.41) is 10.6. The van der Waals surface area contributed by atoms with Crippen molar-refractivity contribution in [1.29, 1.82) is 0 Å². The molecule has 0 N–H and O–H groups in total. The molecule has 0 saturated heterocycles. The largest absolute Gasteiger partial charge is 0.360 e. The number of fused-ring (bicyclic) bond motifs is 5. The van der Waals surface area contributed by atoms with E-state index in [1.165, 1.54) is 16.0 Å². The van der Waals surface area contributed by atoms with Crippen LogP contribution < -0.4 is 0 Å². The molecule has 0 bridgehead atoms. The monoisotopic (exact) mass is 515 g/mol. The molecule has 0 spiro atoms. The molecule has 5 rings (SSSR count). The number of benzene rings is 1. The van der Waals surface area contributed by atoms with Crippen LogP contribution in [0.1, 0.15) is 54.0 Å². The predicted octanol–water partition coefficient (Wildman–Crippen LogP) is 5.86. The molecule has 5 nitrogen and oxygen atoms in total. The van der Waals surface area contributed by atoms with Gasteiger partial charge in [0.2, 0.25) is 0 Å². The predicted molar refractivity (Wildman–Crippen MR) is 144 cm³/mol. The zero-order valence-corrected chi connectivity index (χ0v) is 22.4. The summed E-state index contributed by atoms with van der Waals surface area (Å²) >= 11 is 16.2. The van der Waals surface area contributed by atoms with Gasteiger partial charge in [-0.2, -0.15) is 0 Å². The lowest BCUT2D eigenvalue weighted by Crippen LogP contribution is -2.36.